The second kappa shape index (κ2) is 3.79. The van der Waals surface area contributed by atoms with Crippen LogP contribution >= 0.6 is 0 Å². The lowest BCUT2D eigenvalue weighted by Gasteiger charge is -2.25. The first-order valence-electron chi connectivity index (χ1n) is 4.41. The lowest BCUT2D eigenvalue weighted by atomic mass is 10.1. The quantitative estimate of drug-likeness (QED) is 0.725. The second-order valence-electron chi connectivity index (χ2n) is 3.98. The first-order valence-corrected chi connectivity index (χ1v) is 4.41. The minimum absolute atomic E-state index is 0.394. The zero-order valence-corrected chi connectivity index (χ0v) is 8.73. The predicted molar refractivity (Wildman–Crippen MR) is 56.0 cm³/mol. The third-order valence-electron chi connectivity index (χ3n) is 1.69. The lowest BCUT2D eigenvalue weighted by molar-refractivity contribution is 0.0884. The first kappa shape index (κ1) is 10.7. The Kier molecular flexibility index (Phi) is 2.90. The summed E-state index contributed by atoms with van der Waals surface area (Å²) in [6.45, 7) is 3.98. The normalized spacial score (nSPS) is 11.4. The van der Waals surface area contributed by atoms with E-state index < -0.39 is 5.60 Å². The van der Waals surface area contributed by atoms with Crippen molar-refractivity contribution in [2.24, 2.45) is 0 Å². The molecule has 1 rings (SSSR count). The van der Waals surface area contributed by atoms with Gasteiger partial charge in [0, 0.05) is 13.6 Å². The van der Waals surface area contributed by atoms with Gasteiger partial charge in [-0.1, -0.05) is 0 Å². The molecule has 0 aromatic carbocycles. The number of aliphatic hydroxyl groups is 1. The fraction of sp³-hybridized carbons (Fsp3) is 0.556. The molecule has 1 heterocycles. The van der Waals surface area contributed by atoms with Gasteiger partial charge in [-0.25, -0.2) is 0 Å². The number of hydrogen-bond donors (Lipinski definition) is 2. The molecule has 0 spiro atoms. The molecule has 0 unspecified atom stereocenters. The maximum atomic E-state index is 9.59. The summed E-state index contributed by atoms with van der Waals surface area (Å²) >= 11 is 0. The number of anilines is 2. The highest BCUT2D eigenvalue weighted by atomic mass is 16.3. The zero-order valence-electron chi connectivity index (χ0n) is 8.73. The van der Waals surface area contributed by atoms with E-state index in [0.29, 0.717) is 18.2 Å². The Morgan fingerprint density at radius 2 is 2.07 bits per heavy atom. The highest BCUT2D eigenvalue weighted by Crippen LogP contribution is 2.11. The number of likely N-dealkylation sites (N-methyl/N-ethyl adjacent to an activating group) is 1. The topological polar surface area (TPSA) is 75.3 Å². The van der Waals surface area contributed by atoms with E-state index in [-0.39, 0.29) is 0 Å². The molecule has 0 saturated carbocycles. The molecule has 3 N–H and O–H groups in total. The SMILES string of the molecule is CN(CC(C)(C)O)c1ccc(N)nn1. The van der Waals surface area contributed by atoms with Crippen molar-refractivity contribution < 1.29 is 5.11 Å². The van der Waals surface area contributed by atoms with Gasteiger partial charge in [-0.3, -0.25) is 0 Å². The summed E-state index contributed by atoms with van der Waals surface area (Å²) in [7, 11) is 1.85. The molecule has 0 bridgehead atoms. The number of rotatable bonds is 3. The van der Waals surface area contributed by atoms with Crippen LogP contribution in [0.5, 0.6) is 0 Å². The van der Waals surface area contributed by atoms with Crippen LogP contribution < -0.4 is 10.6 Å². The monoisotopic (exact) mass is 196 g/mol. The molecule has 0 fully saturated rings. The summed E-state index contributed by atoms with van der Waals surface area (Å²) in [4.78, 5) is 1.83. The molecular weight excluding hydrogens is 180 g/mol. The molecule has 78 valence electrons. The Balaban J connectivity index is 2.70. The number of hydrogen-bond acceptors (Lipinski definition) is 5. The molecular formula is C9H16N4O. The first-order chi connectivity index (χ1) is 6.38. The van der Waals surface area contributed by atoms with Crippen LogP contribution in [0.15, 0.2) is 12.1 Å². The van der Waals surface area contributed by atoms with Gasteiger partial charge >= 0.3 is 0 Å². The smallest absolute Gasteiger partial charge is 0.151 e. The average Bonchev–Trinajstić information content (AvgIpc) is 2.02. The third-order valence-corrected chi connectivity index (χ3v) is 1.69. The predicted octanol–water partition coefficient (Wildman–Crippen LogP) is 0.266. The lowest BCUT2D eigenvalue weighted by Crippen LogP contribution is -2.36. The van der Waals surface area contributed by atoms with Gasteiger partial charge in [0.1, 0.15) is 5.82 Å². The fourth-order valence-corrected chi connectivity index (χ4v) is 1.20. The Labute approximate surface area is 83.6 Å². The van der Waals surface area contributed by atoms with Gasteiger partial charge < -0.3 is 15.7 Å². The van der Waals surface area contributed by atoms with Crippen LogP contribution in [0.25, 0.3) is 0 Å². The van der Waals surface area contributed by atoms with E-state index in [1.807, 2.05) is 11.9 Å². The largest absolute Gasteiger partial charge is 0.389 e. The average molecular weight is 196 g/mol. The van der Waals surface area contributed by atoms with Crippen LogP contribution in [0.1, 0.15) is 13.8 Å². The van der Waals surface area contributed by atoms with Gasteiger partial charge in [0.05, 0.1) is 5.60 Å². The maximum absolute atomic E-state index is 9.59. The fourth-order valence-electron chi connectivity index (χ4n) is 1.20. The minimum atomic E-state index is -0.752. The molecule has 14 heavy (non-hydrogen) atoms. The molecule has 0 aliphatic carbocycles. The van der Waals surface area contributed by atoms with Crippen molar-refractivity contribution in [2.75, 3.05) is 24.2 Å². The van der Waals surface area contributed by atoms with Crippen LogP contribution in [-0.2, 0) is 0 Å². The Hall–Kier alpha value is -1.36. The summed E-state index contributed by atoms with van der Waals surface area (Å²) in [5, 5.41) is 17.2. The van der Waals surface area contributed by atoms with E-state index in [2.05, 4.69) is 10.2 Å². The standard InChI is InChI=1S/C9H16N4O/c1-9(2,14)6-13(3)8-5-4-7(10)11-12-8/h4-5,14H,6H2,1-3H3,(H2,10,11). The maximum Gasteiger partial charge on any atom is 0.151 e. The summed E-state index contributed by atoms with van der Waals surface area (Å²) in [5.74, 6) is 1.09. The van der Waals surface area contributed by atoms with Crippen molar-refractivity contribution in [2.45, 2.75) is 19.4 Å². The highest BCUT2D eigenvalue weighted by molar-refractivity contribution is 5.40. The van der Waals surface area contributed by atoms with Crippen LogP contribution in [0.4, 0.5) is 11.6 Å². The van der Waals surface area contributed by atoms with Crippen LogP contribution in [0.2, 0.25) is 0 Å². The van der Waals surface area contributed by atoms with E-state index in [0.717, 1.165) is 0 Å². The molecule has 0 atom stereocenters. The molecule has 1 aromatic rings. The van der Waals surface area contributed by atoms with Gasteiger partial charge in [0.25, 0.3) is 0 Å². The van der Waals surface area contributed by atoms with Crippen molar-refractivity contribution in [3.05, 3.63) is 12.1 Å². The number of nitrogens with two attached hydrogens (primary N) is 1. The number of aromatic nitrogens is 2. The van der Waals surface area contributed by atoms with Crippen LogP contribution in [-0.4, -0.2) is 34.5 Å². The van der Waals surface area contributed by atoms with E-state index in [9.17, 15) is 5.11 Å². The molecule has 1 aromatic heterocycles. The van der Waals surface area contributed by atoms with Crippen molar-refractivity contribution in [1.82, 2.24) is 10.2 Å². The molecule has 0 aliphatic heterocycles. The van der Waals surface area contributed by atoms with Crippen molar-refractivity contribution in [3.63, 3.8) is 0 Å². The molecule has 0 aliphatic rings. The summed E-state index contributed by atoms with van der Waals surface area (Å²) in [5.41, 5.74) is 4.66. The van der Waals surface area contributed by atoms with Crippen LogP contribution in [0.3, 0.4) is 0 Å². The second-order valence-corrected chi connectivity index (χ2v) is 3.98. The van der Waals surface area contributed by atoms with Gasteiger partial charge in [-0.15, -0.1) is 10.2 Å². The van der Waals surface area contributed by atoms with Gasteiger partial charge in [-0.2, -0.15) is 0 Å². The van der Waals surface area contributed by atoms with E-state index in [1.54, 1.807) is 26.0 Å². The molecule has 5 heteroatoms. The summed E-state index contributed by atoms with van der Waals surface area (Å²) in [6, 6.07) is 3.46. The highest BCUT2D eigenvalue weighted by Gasteiger charge is 2.16. The van der Waals surface area contributed by atoms with E-state index in [1.165, 1.54) is 0 Å². The van der Waals surface area contributed by atoms with E-state index in [4.69, 9.17) is 5.73 Å². The van der Waals surface area contributed by atoms with E-state index >= 15 is 0 Å². The van der Waals surface area contributed by atoms with Crippen molar-refractivity contribution in [1.29, 1.82) is 0 Å². The molecule has 0 saturated heterocycles. The number of nitrogen functional groups attached to an aromatic ring is 1. The summed E-state index contributed by atoms with van der Waals surface area (Å²) < 4.78 is 0. The molecule has 5 nitrogen and oxygen atoms in total. The molecule has 0 amide bonds. The van der Waals surface area contributed by atoms with Crippen LogP contribution in [0, 0.1) is 0 Å². The zero-order chi connectivity index (χ0) is 10.8. The number of nitrogens with zero attached hydrogens (tertiary/aromatic N) is 3. The van der Waals surface area contributed by atoms with Gasteiger partial charge in [-0.05, 0) is 26.0 Å². The summed E-state index contributed by atoms with van der Waals surface area (Å²) in [6.07, 6.45) is 0. The Morgan fingerprint density at radius 1 is 1.43 bits per heavy atom. The third kappa shape index (κ3) is 3.18. The molecule has 0 radical (unpaired) electrons. The Morgan fingerprint density at radius 3 is 2.50 bits per heavy atom. The van der Waals surface area contributed by atoms with Gasteiger partial charge in [0.2, 0.25) is 0 Å². The minimum Gasteiger partial charge on any atom is -0.389 e. The van der Waals surface area contributed by atoms with Crippen molar-refractivity contribution >= 4 is 11.6 Å². The van der Waals surface area contributed by atoms with Gasteiger partial charge in [0.15, 0.2) is 5.82 Å². The van der Waals surface area contributed by atoms with Crippen molar-refractivity contribution in [3.8, 4) is 0 Å². The Bertz CT molecular complexity index is 291.